The van der Waals surface area contributed by atoms with Crippen LogP contribution in [0.1, 0.15) is 18.9 Å². The second-order valence-electron chi connectivity index (χ2n) is 4.24. The minimum Gasteiger partial charge on any atom is -0.409 e. The van der Waals surface area contributed by atoms with Crippen LogP contribution >= 0.6 is 11.8 Å². The number of nitrogens with two attached hydrogens (primary N) is 1. The summed E-state index contributed by atoms with van der Waals surface area (Å²) in [5.74, 6) is 2.19. The molecular formula is C12H18N4OS. The number of hydrogen-bond acceptors (Lipinski definition) is 5. The topological polar surface area (TPSA) is 74.7 Å². The Morgan fingerprint density at radius 3 is 3.11 bits per heavy atom. The number of amidine groups is 1. The maximum absolute atomic E-state index is 8.59. The molecule has 1 saturated heterocycles. The maximum Gasteiger partial charge on any atom is 0.171 e. The van der Waals surface area contributed by atoms with Gasteiger partial charge in [0, 0.05) is 35.9 Å². The van der Waals surface area contributed by atoms with Gasteiger partial charge in [-0.05, 0) is 18.6 Å². The van der Waals surface area contributed by atoms with E-state index in [1.165, 1.54) is 6.42 Å². The number of pyridine rings is 1. The molecule has 18 heavy (non-hydrogen) atoms. The van der Waals surface area contributed by atoms with Gasteiger partial charge in [0.25, 0.3) is 0 Å². The predicted molar refractivity (Wildman–Crippen MR) is 75.5 cm³/mol. The molecule has 0 spiro atoms. The van der Waals surface area contributed by atoms with Crippen LogP contribution in [0.2, 0.25) is 0 Å². The molecule has 1 aliphatic rings. The zero-order chi connectivity index (χ0) is 13.0. The molecule has 1 atom stereocenters. The van der Waals surface area contributed by atoms with Crippen molar-refractivity contribution >= 4 is 23.4 Å². The fraction of sp³-hybridized carbons (Fsp3) is 0.500. The summed E-state index contributed by atoms with van der Waals surface area (Å²) in [5, 5.41) is 12.2. The van der Waals surface area contributed by atoms with E-state index in [0.29, 0.717) is 10.8 Å². The van der Waals surface area contributed by atoms with Crippen LogP contribution in [0.5, 0.6) is 0 Å². The molecule has 2 rings (SSSR count). The molecule has 0 radical (unpaired) electrons. The summed E-state index contributed by atoms with van der Waals surface area (Å²) in [6.45, 7) is 4.28. The van der Waals surface area contributed by atoms with Crippen molar-refractivity contribution in [2.24, 2.45) is 10.9 Å². The van der Waals surface area contributed by atoms with Gasteiger partial charge in [0.05, 0.1) is 0 Å². The quantitative estimate of drug-likeness (QED) is 0.375. The molecule has 1 fully saturated rings. The van der Waals surface area contributed by atoms with Crippen LogP contribution in [0.3, 0.4) is 0 Å². The summed E-state index contributed by atoms with van der Waals surface area (Å²) in [6, 6.07) is 3.76. The third-order valence-corrected chi connectivity index (χ3v) is 4.44. The van der Waals surface area contributed by atoms with Crippen molar-refractivity contribution in [3.63, 3.8) is 0 Å². The first-order valence-electron chi connectivity index (χ1n) is 6.05. The zero-order valence-electron chi connectivity index (χ0n) is 10.4. The molecule has 1 aromatic rings. The number of thioether (sulfide) groups is 1. The lowest BCUT2D eigenvalue weighted by Gasteiger charge is -2.32. The van der Waals surface area contributed by atoms with Crippen molar-refractivity contribution in [1.82, 2.24) is 4.98 Å². The maximum atomic E-state index is 8.59. The smallest absolute Gasteiger partial charge is 0.171 e. The van der Waals surface area contributed by atoms with Gasteiger partial charge in [0.2, 0.25) is 0 Å². The monoisotopic (exact) mass is 266 g/mol. The van der Waals surface area contributed by atoms with Crippen LogP contribution in [0, 0.1) is 0 Å². The third-order valence-electron chi connectivity index (χ3n) is 3.07. The molecule has 0 saturated carbocycles. The standard InChI is InChI=1S/C12H18N4OS/c1-2-10-8-16(5-6-18-10)11-4-3-9(7-14-11)12(13)15-17/h3-4,7,10,17H,2,5-6,8H2,1H3,(H2,13,15). The largest absolute Gasteiger partial charge is 0.409 e. The Kier molecular flexibility index (Phi) is 4.30. The lowest BCUT2D eigenvalue weighted by molar-refractivity contribution is 0.318. The Morgan fingerprint density at radius 2 is 2.50 bits per heavy atom. The van der Waals surface area contributed by atoms with E-state index in [1.54, 1.807) is 6.20 Å². The summed E-state index contributed by atoms with van der Waals surface area (Å²) < 4.78 is 0. The molecule has 0 aliphatic carbocycles. The van der Waals surface area contributed by atoms with Crippen LogP contribution in [0.25, 0.3) is 0 Å². The van der Waals surface area contributed by atoms with E-state index in [4.69, 9.17) is 10.9 Å². The van der Waals surface area contributed by atoms with Gasteiger partial charge in [-0.25, -0.2) is 4.98 Å². The lowest BCUT2D eigenvalue weighted by atomic mass is 10.2. The van der Waals surface area contributed by atoms with Crippen molar-refractivity contribution in [3.8, 4) is 0 Å². The molecule has 6 heteroatoms. The molecule has 1 aromatic heterocycles. The van der Waals surface area contributed by atoms with E-state index in [1.807, 2.05) is 23.9 Å². The first-order chi connectivity index (χ1) is 8.74. The normalized spacial score (nSPS) is 21.1. The molecule has 98 valence electrons. The van der Waals surface area contributed by atoms with Gasteiger partial charge < -0.3 is 15.8 Å². The van der Waals surface area contributed by atoms with Gasteiger partial charge in [0.15, 0.2) is 5.84 Å². The Labute approximate surface area is 111 Å². The van der Waals surface area contributed by atoms with Gasteiger partial charge in [-0.15, -0.1) is 0 Å². The molecule has 0 amide bonds. The van der Waals surface area contributed by atoms with E-state index in [-0.39, 0.29) is 5.84 Å². The minimum atomic E-state index is 0.0923. The zero-order valence-corrected chi connectivity index (χ0v) is 11.2. The fourth-order valence-corrected chi connectivity index (χ4v) is 3.14. The Bertz CT molecular complexity index is 421. The van der Waals surface area contributed by atoms with Crippen LogP contribution in [0.15, 0.2) is 23.5 Å². The van der Waals surface area contributed by atoms with Crippen molar-refractivity contribution in [1.29, 1.82) is 0 Å². The second-order valence-corrected chi connectivity index (χ2v) is 5.65. The molecule has 2 heterocycles. The first-order valence-corrected chi connectivity index (χ1v) is 7.10. The molecule has 1 aliphatic heterocycles. The molecular weight excluding hydrogens is 248 g/mol. The number of oxime groups is 1. The van der Waals surface area contributed by atoms with E-state index < -0.39 is 0 Å². The Morgan fingerprint density at radius 1 is 1.67 bits per heavy atom. The summed E-state index contributed by atoms with van der Waals surface area (Å²) in [4.78, 5) is 6.68. The van der Waals surface area contributed by atoms with Crippen molar-refractivity contribution in [2.45, 2.75) is 18.6 Å². The number of anilines is 1. The second kappa shape index (κ2) is 5.95. The van der Waals surface area contributed by atoms with Crippen LogP contribution in [-0.4, -0.2) is 40.1 Å². The summed E-state index contributed by atoms with van der Waals surface area (Å²) in [6.07, 6.45) is 2.83. The van der Waals surface area contributed by atoms with Gasteiger partial charge >= 0.3 is 0 Å². The highest BCUT2D eigenvalue weighted by molar-refractivity contribution is 8.00. The molecule has 0 aromatic carbocycles. The van der Waals surface area contributed by atoms with Crippen LogP contribution in [0.4, 0.5) is 5.82 Å². The number of aromatic nitrogens is 1. The van der Waals surface area contributed by atoms with Crippen molar-refractivity contribution in [3.05, 3.63) is 23.9 Å². The summed E-state index contributed by atoms with van der Waals surface area (Å²) >= 11 is 2.03. The molecule has 0 bridgehead atoms. The highest BCUT2D eigenvalue weighted by Gasteiger charge is 2.19. The van der Waals surface area contributed by atoms with Crippen molar-refractivity contribution < 1.29 is 5.21 Å². The van der Waals surface area contributed by atoms with Crippen molar-refractivity contribution in [2.75, 3.05) is 23.7 Å². The third kappa shape index (κ3) is 2.87. The van der Waals surface area contributed by atoms with E-state index in [2.05, 4.69) is 22.0 Å². The van der Waals surface area contributed by atoms with E-state index in [9.17, 15) is 0 Å². The average Bonchev–Trinajstić information content (AvgIpc) is 2.46. The average molecular weight is 266 g/mol. The summed E-state index contributed by atoms with van der Waals surface area (Å²) in [5.41, 5.74) is 6.15. The molecule has 5 nitrogen and oxygen atoms in total. The van der Waals surface area contributed by atoms with Gasteiger partial charge in [0.1, 0.15) is 5.82 Å². The van der Waals surface area contributed by atoms with Crippen LogP contribution < -0.4 is 10.6 Å². The number of rotatable bonds is 3. The minimum absolute atomic E-state index is 0.0923. The lowest BCUT2D eigenvalue weighted by Crippen LogP contribution is -2.38. The summed E-state index contributed by atoms with van der Waals surface area (Å²) in [7, 11) is 0. The fourth-order valence-electron chi connectivity index (χ4n) is 1.96. The van der Waals surface area contributed by atoms with Gasteiger partial charge in [-0.3, -0.25) is 0 Å². The van der Waals surface area contributed by atoms with E-state index in [0.717, 1.165) is 24.7 Å². The number of nitrogens with zero attached hydrogens (tertiary/aromatic N) is 3. The highest BCUT2D eigenvalue weighted by Crippen LogP contribution is 2.24. The van der Waals surface area contributed by atoms with Crippen LogP contribution in [-0.2, 0) is 0 Å². The van der Waals surface area contributed by atoms with Gasteiger partial charge in [-0.2, -0.15) is 11.8 Å². The molecule has 3 N–H and O–H groups in total. The first kappa shape index (κ1) is 13.0. The van der Waals surface area contributed by atoms with E-state index >= 15 is 0 Å². The molecule has 1 unspecified atom stereocenters. The SMILES string of the molecule is CCC1CN(c2ccc(/C(N)=N/O)cn2)CCS1. The van der Waals surface area contributed by atoms with Gasteiger partial charge in [-0.1, -0.05) is 12.1 Å². The Hall–Kier alpha value is -1.43. The predicted octanol–water partition coefficient (Wildman–Crippen LogP) is 1.51. The highest BCUT2D eigenvalue weighted by atomic mass is 32.2. The Balaban J connectivity index is 2.09. The number of hydrogen-bond donors (Lipinski definition) is 2.